The lowest BCUT2D eigenvalue weighted by molar-refractivity contribution is 0.260. The lowest BCUT2D eigenvalue weighted by Crippen LogP contribution is -2.26. The molecule has 0 spiro atoms. The highest BCUT2D eigenvalue weighted by molar-refractivity contribution is 7.89. The number of rotatable bonds is 11. The van der Waals surface area contributed by atoms with E-state index in [2.05, 4.69) is 28.0 Å². The van der Waals surface area contributed by atoms with Gasteiger partial charge < -0.3 is 0 Å². The summed E-state index contributed by atoms with van der Waals surface area (Å²) in [4.78, 5) is 6.47. The predicted molar refractivity (Wildman–Crippen MR) is 122 cm³/mol. The van der Waals surface area contributed by atoms with Gasteiger partial charge in [-0.3, -0.25) is 4.90 Å². The summed E-state index contributed by atoms with van der Waals surface area (Å²) in [6.45, 7) is 3.92. The van der Waals surface area contributed by atoms with Gasteiger partial charge >= 0.3 is 0 Å². The van der Waals surface area contributed by atoms with Crippen LogP contribution < -0.4 is 5.14 Å². The Morgan fingerprint density at radius 2 is 1.94 bits per heavy atom. The average molecular weight is 471 g/mol. The highest BCUT2D eigenvalue weighted by Gasteiger charge is 2.19. The zero-order valence-corrected chi connectivity index (χ0v) is 19.3. The van der Waals surface area contributed by atoms with E-state index in [0.717, 1.165) is 31.0 Å². The second-order valence-corrected chi connectivity index (χ2v) is 9.28. The third-order valence-electron chi connectivity index (χ3n) is 5.13. The van der Waals surface area contributed by atoms with Gasteiger partial charge in [0, 0.05) is 19.4 Å². The summed E-state index contributed by atoms with van der Waals surface area (Å²) in [5.74, 6) is 0.263. The Morgan fingerprint density at radius 3 is 2.58 bits per heavy atom. The Morgan fingerprint density at radius 1 is 1.18 bits per heavy atom. The maximum Gasteiger partial charge on any atom is 0.238 e. The summed E-state index contributed by atoms with van der Waals surface area (Å²) in [7, 11) is -4.03. The van der Waals surface area contributed by atoms with Gasteiger partial charge in [0.15, 0.2) is 5.82 Å². The fraction of sp³-hybridized carbons (Fsp3) is 0.348. The van der Waals surface area contributed by atoms with Crippen LogP contribution in [0, 0.1) is 17.1 Å². The molecule has 0 atom stereocenters. The Kier molecular flexibility index (Phi) is 8.27. The maximum atomic E-state index is 14.9. The summed E-state index contributed by atoms with van der Waals surface area (Å²) < 4.78 is 39.5. The van der Waals surface area contributed by atoms with Crippen LogP contribution in [-0.4, -0.2) is 41.2 Å². The third-order valence-corrected chi connectivity index (χ3v) is 6.04. The minimum Gasteiger partial charge on any atom is -0.295 e. The molecule has 33 heavy (non-hydrogen) atoms. The normalized spacial score (nSPS) is 11.6. The van der Waals surface area contributed by atoms with E-state index < -0.39 is 15.8 Å². The molecule has 0 unspecified atom stereocenters. The molecular weight excluding hydrogens is 443 g/mol. The number of hydrogen-bond acceptors (Lipinski definition) is 6. The SMILES string of the molecule is CCCCN(CCC#N)Cc1nc(Cc2ccccc2)n(-c2ccc(S(N)(=O)=O)cc2F)n1. The van der Waals surface area contributed by atoms with E-state index in [0.29, 0.717) is 37.6 Å². The van der Waals surface area contributed by atoms with Gasteiger partial charge in [0.1, 0.15) is 17.3 Å². The van der Waals surface area contributed by atoms with Gasteiger partial charge in [-0.2, -0.15) is 5.26 Å². The molecule has 0 bridgehead atoms. The average Bonchev–Trinajstić information content (AvgIpc) is 3.17. The molecule has 1 heterocycles. The molecule has 0 aliphatic heterocycles. The van der Waals surface area contributed by atoms with Gasteiger partial charge in [0.05, 0.1) is 17.5 Å². The number of aromatic nitrogens is 3. The number of nitrogens with two attached hydrogens (primary N) is 1. The summed E-state index contributed by atoms with van der Waals surface area (Å²) in [6, 6.07) is 15.3. The van der Waals surface area contributed by atoms with Crippen LogP contribution in [0.4, 0.5) is 4.39 Å². The van der Waals surface area contributed by atoms with Crippen LogP contribution in [-0.2, 0) is 23.0 Å². The van der Waals surface area contributed by atoms with Gasteiger partial charge in [-0.25, -0.2) is 27.6 Å². The van der Waals surface area contributed by atoms with Crippen molar-refractivity contribution < 1.29 is 12.8 Å². The van der Waals surface area contributed by atoms with Crippen molar-refractivity contribution in [3.8, 4) is 11.8 Å². The Hall–Kier alpha value is -3.13. The molecule has 3 aromatic rings. The van der Waals surface area contributed by atoms with Crippen LogP contribution in [0.15, 0.2) is 53.4 Å². The monoisotopic (exact) mass is 470 g/mol. The summed E-state index contributed by atoms with van der Waals surface area (Å²) in [5, 5.41) is 18.6. The van der Waals surface area contributed by atoms with Gasteiger partial charge in [-0.15, -0.1) is 5.10 Å². The van der Waals surface area contributed by atoms with Gasteiger partial charge in [0.2, 0.25) is 10.0 Å². The highest BCUT2D eigenvalue weighted by Crippen LogP contribution is 2.20. The van der Waals surface area contributed by atoms with Crippen LogP contribution in [0.1, 0.15) is 43.4 Å². The van der Waals surface area contributed by atoms with E-state index in [1.807, 2.05) is 30.3 Å². The molecule has 1 aromatic heterocycles. The standard InChI is InChI=1S/C23H27FN6O2S/c1-2-3-13-29(14-7-12-25)17-22-27-23(15-18-8-5-4-6-9-18)30(28-22)21-11-10-19(16-20(21)24)33(26,31)32/h4-6,8-11,16H,2-3,7,13-15,17H2,1H3,(H2,26,31,32). The van der Waals surface area contributed by atoms with E-state index in [1.54, 1.807) is 0 Å². The number of halogens is 1. The molecule has 0 radical (unpaired) electrons. The molecule has 8 nitrogen and oxygen atoms in total. The smallest absolute Gasteiger partial charge is 0.238 e. The lowest BCUT2D eigenvalue weighted by Gasteiger charge is -2.18. The number of nitrogens with zero attached hydrogens (tertiary/aromatic N) is 5. The van der Waals surface area contributed by atoms with Crippen molar-refractivity contribution >= 4 is 10.0 Å². The number of unbranched alkanes of at least 4 members (excludes halogenated alkanes) is 1. The second kappa shape index (κ2) is 11.1. The Bertz CT molecular complexity index is 1220. The minimum atomic E-state index is -4.03. The molecule has 2 aromatic carbocycles. The minimum absolute atomic E-state index is 0.0872. The molecule has 0 saturated carbocycles. The fourth-order valence-corrected chi connectivity index (χ4v) is 3.97. The van der Waals surface area contributed by atoms with Crippen molar-refractivity contribution in [2.45, 2.75) is 44.0 Å². The van der Waals surface area contributed by atoms with Crippen LogP contribution in [0.5, 0.6) is 0 Å². The maximum absolute atomic E-state index is 14.9. The Balaban J connectivity index is 1.99. The molecule has 0 aliphatic carbocycles. The molecule has 0 amide bonds. The van der Waals surface area contributed by atoms with Crippen LogP contribution in [0.3, 0.4) is 0 Å². The summed E-state index contributed by atoms with van der Waals surface area (Å²) in [6.07, 6.45) is 2.81. The van der Waals surface area contributed by atoms with Gasteiger partial charge in [0.25, 0.3) is 0 Å². The number of sulfonamides is 1. The number of nitriles is 1. The second-order valence-electron chi connectivity index (χ2n) is 7.71. The van der Waals surface area contributed by atoms with Gasteiger partial charge in [-0.1, -0.05) is 43.7 Å². The van der Waals surface area contributed by atoms with Crippen molar-refractivity contribution in [3.05, 3.63) is 71.6 Å². The van der Waals surface area contributed by atoms with Crippen molar-refractivity contribution in [1.29, 1.82) is 5.26 Å². The zero-order chi connectivity index (χ0) is 23.8. The van der Waals surface area contributed by atoms with E-state index in [4.69, 9.17) is 10.4 Å². The molecule has 2 N–H and O–H groups in total. The molecule has 174 valence electrons. The number of hydrogen-bond donors (Lipinski definition) is 1. The van der Waals surface area contributed by atoms with Gasteiger partial charge in [-0.05, 0) is 36.7 Å². The fourth-order valence-electron chi connectivity index (χ4n) is 3.44. The zero-order valence-electron chi connectivity index (χ0n) is 18.5. The lowest BCUT2D eigenvalue weighted by atomic mass is 10.1. The van der Waals surface area contributed by atoms with Crippen molar-refractivity contribution in [1.82, 2.24) is 19.7 Å². The first kappa shape index (κ1) is 24.5. The largest absolute Gasteiger partial charge is 0.295 e. The van der Waals surface area contributed by atoms with Crippen LogP contribution >= 0.6 is 0 Å². The van der Waals surface area contributed by atoms with E-state index in [-0.39, 0.29) is 10.6 Å². The van der Waals surface area contributed by atoms with Crippen molar-refractivity contribution in [2.24, 2.45) is 5.14 Å². The van der Waals surface area contributed by atoms with Crippen LogP contribution in [0.2, 0.25) is 0 Å². The molecule has 3 rings (SSSR count). The quantitative estimate of drug-likeness (QED) is 0.460. The van der Waals surface area contributed by atoms with Crippen molar-refractivity contribution in [2.75, 3.05) is 13.1 Å². The molecule has 0 saturated heterocycles. The summed E-state index contributed by atoms with van der Waals surface area (Å²) in [5.41, 5.74) is 1.07. The molecule has 0 fully saturated rings. The van der Waals surface area contributed by atoms with E-state index >= 15 is 0 Å². The third kappa shape index (κ3) is 6.68. The molecule has 0 aliphatic rings. The topological polar surface area (TPSA) is 118 Å². The first-order chi connectivity index (χ1) is 15.8. The number of benzene rings is 2. The van der Waals surface area contributed by atoms with E-state index in [9.17, 15) is 12.8 Å². The summed E-state index contributed by atoms with van der Waals surface area (Å²) >= 11 is 0. The molecule has 10 heteroatoms. The first-order valence-electron chi connectivity index (χ1n) is 10.7. The molecular formula is C23H27FN6O2S. The van der Waals surface area contributed by atoms with Crippen molar-refractivity contribution in [3.63, 3.8) is 0 Å². The van der Waals surface area contributed by atoms with Crippen LogP contribution in [0.25, 0.3) is 5.69 Å². The first-order valence-corrected chi connectivity index (χ1v) is 12.3. The number of primary sulfonamides is 1. The van der Waals surface area contributed by atoms with E-state index in [1.165, 1.54) is 16.8 Å². The highest BCUT2D eigenvalue weighted by atomic mass is 32.2. The Labute approximate surface area is 193 Å². The predicted octanol–water partition coefficient (Wildman–Crippen LogP) is 3.16.